The predicted molar refractivity (Wildman–Crippen MR) is 46.1 cm³/mol. The van der Waals surface area contributed by atoms with Crippen LogP contribution in [-0.4, -0.2) is 29.0 Å². The van der Waals surface area contributed by atoms with E-state index in [0.29, 0.717) is 0 Å². The highest BCUT2D eigenvalue weighted by Crippen LogP contribution is 2.24. The van der Waals surface area contributed by atoms with Crippen molar-refractivity contribution in [3.8, 4) is 11.5 Å². The molecule has 0 saturated carbocycles. The first-order valence-electron chi connectivity index (χ1n) is 3.89. The average Bonchev–Trinajstić information content (AvgIpc) is 2.16. The minimum Gasteiger partial charge on any atom is -0.504 e. The summed E-state index contributed by atoms with van der Waals surface area (Å²) < 4.78 is 17.3. The van der Waals surface area contributed by atoms with Crippen molar-refractivity contribution in [3.05, 3.63) is 24.3 Å². The predicted octanol–water partition coefficient (Wildman–Crippen LogP) is 1.19. The Hall–Kier alpha value is -1.78. The molecular weight excluding hydrogens is 191 g/mol. The molecule has 0 aromatic heterocycles. The monoisotopic (exact) mass is 200 g/mol. The van der Waals surface area contributed by atoms with Crippen molar-refractivity contribution in [2.45, 2.75) is 6.17 Å². The fourth-order valence-electron chi connectivity index (χ4n) is 0.813. The highest BCUT2D eigenvalue weighted by Gasteiger charge is 2.16. The molecule has 0 amide bonds. The molecule has 2 N–H and O–H groups in total. The van der Waals surface area contributed by atoms with Crippen LogP contribution in [0.25, 0.3) is 0 Å². The van der Waals surface area contributed by atoms with Crippen LogP contribution in [0.3, 0.4) is 0 Å². The lowest BCUT2D eigenvalue weighted by atomic mass is 10.3. The molecule has 5 heteroatoms. The van der Waals surface area contributed by atoms with E-state index in [1.807, 2.05) is 0 Å². The summed E-state index contributed by atoms with van der Waals surface area (Å²) in [6.07, 6.45) is -2.09. The number of carbonyl (C=O) groups is 1. The number of ether oxygens (including phenoxy) is 1. The minimum absolute atomic E-state index is 0.0661. The molecule has 1 aromatic rings. The average molecular weight is 200 g/mol. The van der Waals surface area contributed by atoms with E-state index in [1.54, 1.807) is 12.1 Å². The molecule has 1 unspecified atom stereocenters. The second-order valence-electron chi connectivity index (χ2n) is 2.58. The van der Waals surface area contributed by atoms with Gasteiger partial charge in [-0.2, -0.15) is 0 Å². The number of hydrogen-bond donors (Lipinski definition) is 2. The molecule has 0 bridgehead atoms. The van der Waals surface area contributed by atoms with Crippen molar-refractivity contribution < 1.29 is 24.1 Å². The number of aliphatic carboxylic acids is 1. The summed E-state index contributed by atoms with van der Waals surface area (Å²) in [5.41, 5.74) is 0. The van der Waals surface area contributed by atoms with Gasteiger partial charge in [0.25, 0.3) is 0 Å². The lowest BCUT2D eigenvalue weighted by Crippen LogP contribution is -2.22. The van der Waals surface area contributed by atoms with E-state index in [1.165, 1.54) is 12.1 Å². The number of hydrogen-bond acceptors (Lipinski definition) is 3. The number of alkyl halides is 1. The molecule has 1 atom stereocenters. The molecule has 14 heavy (non-hydrogen) atoms. The van der Waals surface area contributed by atoms with Crippen LogP contribution in [0.15, 0.2) is 24.3 Å². The molecule has 1 rings (SSSR count). The Morgan fingerprint density at radius 2 is 2.14 bits per heavy atom. The van der Waals surface area contributed by atoms with Crippen molar-refractivity contribution >= 4 is 5.97 Å². The van der Waals surface area contributed by atoms with Gasteiger partial charge in [-0.1, -0.05) is 12.1 Å². The number of para-hydroxylation sites is 2. The van der Waals surface area contributed by atoms with E-state index in [4.69, 9.17) is 14.9 Å². The number of carboxylic acids is 1. The normalized spacial score (nSPS) is 12.1. The van der Waals surface area contributed by atoms with Crippen molar-refractivity contribution in [1.29, 1.82) is 0 Å². The Morgan fingerprint density at radius 3 is 2.71 bits per heavy atom. The van der Waals surface area contributed by atoms with Crippen LogP contribution >= 0.6 is 0 Å². The Morgan fingerprint density at radius 1 is 1.50 bits per heavy atom. The maximum absolute atomic E-state index is 12.5. The van der Waals surface area contributed by atoms with Crippen LogP contribution < -0.4 is 4.74 Å². The van der Waals surface area contributed by atoms with Gasteiger partial charge >= 0.3 is 5.97 Å². The van der Waals surface area contributed by atoms with Gasteiger partial charge in [0.15, 0.2) is 11.5 Å². The lowest BCUT2D eigenvalue weighted by molar-refractivity contribution is -0.143. The Balaban J connectivity index is 2.54. The molecule has 1 aromatic carbocycles. The summed E-state index contributed by atoms with van der Waals surface area (Å²) >= 11 is 0. The lowest BCUT2D eigenvalue weighted by Gasteiger charge is -2.07. The third kappa shape index (κ3) is 2.62. The van der Waals surface area contributed by atoms with Crippen molar-refractivity contribution in [2.24, 2.45) is 0 Å². The van der Waals surface area contributed by atoms with Crippen molar-refractivity contribution in [1.82, 2.24) is 0 Å². The smallest absolute Gasteiger partial charge is 0.341 e. The van der Waals surface area contributed by atoms with E-state index in [-0.39, 0.29) is 11.5 Å². The summed E-state index contributed by atoms with van der Waals surface area (Å²) in [7, 11) is 0. The summed E-state index contributed by atoms with van der Waals surface area (Å²) in [6, 6.07) is 5.95. The minimum atomic E-state index is -2.09. The number of aromatic hydroxyl groups is 1. The van der Waals surface area contributed by atoms with E-state index in [9.17, 15) is 9.18 Å². The van der Waals surface area contributed by atoms with Gasteiger partial charge in [-0.15, -0.1) is 0 Å². The molecule has 0 spiro atoms. The van der Waals surface area contributed by atoms with Gasteiger partial charge in [0, 0.05) is 0 Å². The van der Waals surface area contributed by atoms with E-state index in [0.717, 1.165) is 0 Å². The second-order valence-corrected chi connectivity index (χ2v) is 2.58. The summed E-state index contributed by atoms with van der Waals surface area (Å²) in [5.74, 6) is -1.66. The molecule has 0 saturated heterocycles. The summed E-state index contributed by atoms with van der Waals surface area (Å²) in [4.78, 5) is 10.1. The maximum Gasteiger partial charge on any atom is 0.341 e. The van der Waals surface area contributed by atoms with E-state index < -0.39 is 18.7 Å². The molecule has 76 valence electrons. The van der Waals surface area contributed by atoms with Gasteiger partial charge in [-0.3, -0.25) is 0 Å². The molecule has 0 aliphatic heterocycles. The number of halogens is 1. The Kier molecular flexibility index (Phi) is 3.28. The van der Waals surface area contributed by atoms with Gasteiger partial charge in [0.1, 0.15) is 6.61 Å². The SMILES string of the molecule is O=C(O)C(F)COc1ccccc1O. The van der Waals surface area contributed by atoms with E-state index in [2.05, 4.69) is 0 Å². The van der Waals surface area contributed by atoms with Gasteiger partial charge in [-0.25, -0.2) is 9.18 Å². The van der Waals surface area contributed by atoms with Gasteiger partial charge in [0.05, 0.1) is 0 Å². The third-order valence-corrected chi connectivity index (χ3v) is 1.52. The molecule has 0 aliphatic rings. The first-order valence-corrected chi connectivity index (χ1v) is 3.89. The zero-order valence-electron chi connectivity index (χ0n) is 7.18. The Labute approximate surface area is 79.6 Å². The largest absolute Gasteiger partial charge is 0.504 e. The van der Waals surface area contributed by atoms with E-state index >= 15 is 0 Å². The number of rotatable bonds is 4. The fourth-order valence-corrected chi connectivity index (χ4v) is 0.813. The maximum atomic E-state index is 12.5. The molecule has 4 nitrogen and oxygen atoms in total. The zero-order valence-corrected chi connectivity index (χ0v) is 7.18. The van der Waals surface area contributed by atoms with Crippen LogP contribution in [-0.2, 0) is 4.79 Å². The van der Waals surface area contributed by atoms with Gasteiger partial charge in [-0.05, 0) is 12.1 Å². The zero-order chi connectivity index (χ0) is 10.6. The number of phenolic OH excluding ortho intramolecular Hbond substituents is 1. The molecule has 0 radical (unpaired) electrons. The molecule has 0 aliphatic carbocycles. The molecular formula is C9H9FO4. The third-order valence-electron chi connectivity index (χ3n) is 1.52. The molecule has 0 fully saturated rings. The van der Waals surface area contributed by atoms with Gasteiger partial charge < -0.3 is 14.9 Å². The number of benzene rings is 1. The fraction of sp³-hybridized carbons (Fsp3) is 0.222. The highest BCUT2D eigenvalue weighted by atomic mass is 19.1. The Bertz CT molecular complexity index is 326. The van der Waals surface area contributed by atoms with Crippen LogP contribution in [0.1, 0.15) is 0 Å². The number of phenols is 1. The topological polar surface area (TPSA) is 66.8 Å². The highest BCUT2D eigenvalue weighted by molar-refractivity contribution is 5.72. The first-order chi connectivity index (χ1) is 6.61. The van der Waals surface area contributed by atoms with Crippen LogP contribution in [0.2, 0.25) is 0 Å². The summed E-state index contributed by atoms with van der Waals surface area (Å²) in [5, 5.41) is 17.4. The standard InChI is InChI=1S/C9H9FO4/c10-6(9(12)13)5-14-8-4-2-1-3-7(8)11/h1-4,6,11H,5H2,(H,12,13). The quantitative estimate of drug-likeness (QED) is 0.766. The van der Waals surface area contributed by atoms with Crippen LogP contribution in [0.5, 0.6) is 11.5 Å². The van der Waals surface area contributed by atoms with Crippen LogP contribution in [0.4, 0.5) is 4.39 Å². The molecule has 0 heterocycles. The van der Waals surface area contributed by atoms with Gasteiger partial charge in [0.2, 0.25) is 6.17 Å². The second kappa shape index (κ2) is 4.45. The van der Waals surface area contributed by atoms with Crippen LogP contribution in [0, 0.1) is 0 Å². The summed E-state index contributed by atoms with van der Waals surface area (Å²) in [6.45, 7) is -0.618. The first kappa shape index (κ1) is 10.3. The number of carboxylic acid groups (broad SMARTS) is 1. The van der Waals surface area contributed by atoms with Crippen molar-refractivity contribution in [2.75, 3.05) is 6.61 Å². The van der Waals surface area contributed by atoms with Crippen molar-refractivity contribution in [3.63, 3.8) is 0 Å².